The fourth-order valence-corrected chi connectivity index (χ4v) is 5.32. The van der Waals surface area contributed by atoms with Crippen LogP contribution in [0.25, 0.3) is 11.1 Å². The molecule has 0 radical (unpaired) electrons. The van der Waals surface area contributed by atoms with Crippen molar-refractivity contribution in [1.82, 2.24) is 10.6 Å². The van der Waals surface area contributed by atoms with Crippen molar-refractivity contribution in [2.75, 3.05) is 18.4 Å². The number of benzene rings is 3. The third-order valence-electron chi connectivity index (χ3n) is 6.63. The van der Waals surface area contributed by atoms with E-state index in [1.54, 1.807) is 18.2 Å². The first-order chi connectivity index (χ1) is 17.5. The van der Waals surface area contributed by atoms with Gasteiger partial charge in [-0.25, -0.2) is 4.79 Å². The van der Waals surface area contributed by atoms with E-state index in [2.05, 4.69) is 28.1 Å². The summed E-state index contributed by atoms with van der Waals surface area (Å²) in [6.45, 7) is 1.22. The molecule has 4 rings (SSSR count). The normalized spacial score (nSPS) is 14.2. The molecule has 1 atom stereocenters. The number of rotatable bonds is 9. The number of nitrogens with zero attached hydrogens (tertiary/aromatic N) is 1. The highest BCUT2D eigenvalue weighted by molar-refractivity contribution is 6.35. The quantitative estimate of drug-likeness (QED) is 0.275. The average molecular weight is 521 g/mol. The van der Waals surface area contributed by atoms with Gasteiger partial charge in [-0.2, -0.15) is 5.26 Å². The zero-order valence-corrected chi connectivity index (χ0v) is 21.6. The van der Waals surface area contributed by atoms with Crippen LogP contribution in [0.3, 0.4) is 0 Å². The predicted molar refractivity (Wildman–Crippen MR) is 148 cm³/mol. The van der Waals surface area contributed by atoms with Crippen LogP contribution >= 0.6 is 23.2 Å². The molecule has 1 fully saturated rings. The predicted octanol–water partition coefficient (Wildman–Crippen LogP) is 7.36. The van der Waals surface area contributed by atoms with Gasteiger partial charge in [0.2, 0.25) is 0 Å². The maximum absolute atomic E-state index is 12.7. The van der Waals surface area contributed by atoms with Crippen LogP contribution in [-0.4, -0.2) is 25.2 Å². The molecular weight excluding hydrogens is 491 g/mol. The highest BCUT2D eigenvalue weighted by atomic mass is 35.5. The van der Waals surface area contributed by atoms with Crippen molar-refractivity contribution in [3.8, 4) is 17.2 Å². The van der Waals surface area contributed by atoms with E-state index in [0.717, 1.165) is 29.7 Å². The Morgan fingerprint density at radius 2 is 1.69 bits per heavy atom. The molecule has 7 heteroatoms. The van der Waals surface area contributed by atoms with Crippen molar-refractivity contribution in [3.05, 3.63) is 87.9 Å². The van der Waals surface area contributed by atoms with Crippen molar-refractivity contribution < 1.29 is 4.79 Å². The highest BCUT2D eigenvalue weighted by Gasteiger charge is 2.20. The Labute approximate surface area is 222 Å². The fraction of sp³-hybridized carbons (Fsp3) is 0.310. The highest BCUT2D eigenvalue weighted by Crippen LogP contribution is 2.29. The minimum Gasteiger partial charge on any atom is -0.337 e. The number of halogens is 2. The van der Waals surface area contributed by atoms with Crippen molar-refractivity contribution in [3.63, 3.8) is 0 Å². The lowest BCUT2D eigenvalue weighted by Crippen LogP contribution is -2.34. The van der Waals surface area contributed by atoms with Gasteiger partial charge in [0, 0.05) is 34.2 Å². The van der Waals surface area contributed by atoms with Gasteiger partial charge in [0.05, 0.1) is 11.6 Å². The SMILES string of the molecule is N#Cc1cc(-c2ccccc2)ccc1[C@@H](CCNC1CCCC1)CNC(=O)Nc1cc(Cl)cc(Cl)c1. The van der Waals surface area contributed by atoms with Gasteiger partial charge in [0.15, 0.2) is 0 Å². The van der Waals surface area contributed by atoms with Crippen LogP contribution in [-0.2, 0) is 0 Å². The Bertz CT molecular complexity index is 1200. The topological polar surface area (TPSA) is 77.0 Å². The lowest BCUT2D eigenvalue weighted by Gasteiger charge is -2.22. The third kappa shape index (κ3) is 7.24. The molecule has 36 heavy (non-hydrogen) atoms. The molecule has 0 unspecified atom stereocenters. The first-order valence-corrected chi connectivity index (χ1v) is 13.1. The molecule has 0 aliphatic heterocycles. The van der Waals surface area contributed by atoms with Crippen molar-refractivity contribution in [2.24, 2.45) is 0 Å². The number of nitriles is 1. The van der Waals surface area contributed by atoms with Gasteiger partial charge in [0.1, 0.15) is 0 Å². The van der Waals surface area contributed by atoms with Crippen LogP contribution in [0.15, 0.2) is 66.7 Å². The van der Waals surface area contributed by atoms with Gasteiger partial charge in [-0.05, 0) is 66.8 Å². The lowest BCUT2D eigenvalue weighted by molar-refractivity contribution is 0.251. The standard InChI is InChI=1S/C29H30Cl2N4O/c30-24-15-25(31)17-27(16-24)35-29(36)34-19-22(12-13-33-26-8-4-5-9-26)28-11-10-21(14-23(28)18-32)20-6-2-1-3-7-20/h1-3,6-7,10-11,14-17,22,26,33H,4-5,8-9,12-13,19H2,(H2,34,35,36)/t22-/m0/s1. The molecule has 2 amide bonds. The van der Waals surface area contributed by atoms with Crippen molar-refractivity contribution in [1.29, 1.82) is 5.26 Å². The van der Waals surface area contributed by atoms with E-state index >= 15 is 0 Å². The van der Waals surface area contributed by atoms with Gasteiger partial charge >= 0.3 is 6.03 Å². The summed E-state index contributed by atoms with van der Waals surface area (Å²) >= 11 is 12.1. The molecular formula is C29H30Cl2N4O. The summed E-state index contributed by atoms with van der Waals surface area (Å²) in [7, 11) is 0. The van der Waals surface area contributed by atoms with Gasteiger partial charge in [0.25, 0.3) is 0 Å². The number of carbonyl (C=O) groups is 1. The Morgan fingerprint density at radius 1 is 0.972 bits per heavy atom. The van der Waals surface area contributed by atoms with E-state index in [1.807, 2.05) is 42.5 Å². The summed E-state index contributed by atoms with van der Waals surface area (Å²) < 4.78 is 0. The first-order valence-electron chi connectivity index (χ1n) is 12.4. The Balaban J connectivity index is 1.48. The third-order valence-corrected chi connectivity index (χ3v) is 7.07. The molecule has 1 aliphatic carbocycles. The molecule has 3 N–H and O–H groups in total. The summed E-state index contributed by atoms with van der Waals surface area (Å²) in [5.41, 5.74) is 4.16. The number of urea groups is 1. The molecule has 0 aromatic heterocycles. The molecule has 3 aromatic rings. The van der Waals surface area contributed by atoms with Crippen LogP contribution in [0, 0.1) is 11.3 Å². The number of carbonyl (C=O) groups excluding carboxylic acids is 1. The zero-order chi connectivity index (χ0) is 25.3. The molecule has 3 aromatic carbocycles. The summed E-state index contributed by atoms with van der Waals surface area (Å²) in [5.74, 6) is -0.0212. The number of amides is 2. The van der Waals surface area contributed by atoms with Crippen LogP contribution in [0.5, 0.6) is 0 Å². The van der Waals surface area contributed by atoms with E-state index in [9.17, 15) is 10.1 Å². The Morgan fingerprint density at radius 3 is 2.39 bits per heavy atom. The molecule has 1 aliphatic rings. The summed E-state index contributed by atoms with van der Waals surface area (Å²) in [6.07, 6.45) is 5.77. The smallest absolute Gasteiger partial charge is 0.319 e. The summed E-state index contributed by atoms with van der Waals surface area (Å²) in [4.78, 5) is 12.7. The zero-order valence-electron chi connectivity index (χ0n) is 20.1. The molecule has 0 heterocycles. The molecule has 0 bridgehead atoms. The number of hydrogen-bond donors (Lipinski definition) is 3. The fourth-order valence-electron chi connectivity index (χ4n) is 4.80. The van der Waals surface area contributed by atoms with E-state index < -0.39 is 0 Å². The Kier molecular flexibility index (Phi) is 9.24. The van der Waals surface area contributed by atoms with E-state index in [1.165, 1.54) is 25.7 Å². The monoisotopic (exact) mass is 520 g/mol. The molecule has 0 saturated heterocycles. The summed E-state index contributed by atoms with van der Waals surface area (Å²) in [5, 5.41) is 20.3. The molecule has 0 spiro atoms. The largest absolute Gasteiger partial charge is 0.337 e. The second-order valence-electron chi connectivity index (χ2n) is 9.19. The number of hydrogen-bond acceptors (Lipinski definition) is 3. The van der Waals surface area contributed by atoms with Gasteiger partial charge in [-0.3, -0.25) is 0 Å². The molecule has 186 valence electrons. The minimum absolute atomic E-state index is 0.0212. The summed E-state index contributed by atoms with van der Waals surface area (Å²) in [6, 6.07) is 23.5. The van der Waals surface area contributed by atoms with E-state index in [0.29, 0.717) is 33.9 Å². The minimum atomic E-state index is -0.346. The maximum atomic E-state index is 12.7. The van der Waals surface area contributed by atoms with Gasteiger partial charge < -0.3 is 16.0 Å². The van der Waals surface area contributed by atoms with E-state index in [-0.39, 0.29) is 11.9 Å². The van der Waals surface area contributed by atoms with Gasteiger partial charge in [-0.15, -0.1) is 0 Å². The Hall–Kier alpha value is -3.04. The van der Waals surface area contributed by atoms with Crippen LogP contribution in [0.4, 0.5) is 10.5 Å². The van der Waals surface area contributed by atoms with Crippen molar-refractivity contribution in [2.45, 2.75) is 44.1 Å². The average Bonchev–Trinajstić information content (AvgIpc) is 3.39. The second kappa shape index (κ2) is 12.8. The number of nitrogens with one attached hydrogen (secondary N) is 3. The second-order valence-corrected chi connectivity index (χ2v) is 10.1. The van der Waals surface area contributed by atoms with Crippen molar-refractivity contribution >= 4 is 34.9 Å². The molecule has 1 saturated carbocycles. The maximum Gasteiger partial charge on any atom is 0.319 e. The van der Waals surface area contributed by atoms with Crippen LogP contribution in [0.2, 0.25) is 10.0 Å². The van der Waals surface area contributed by atoms with Crippen LogP contribution < -0.4 is 16.0 Å². The number of anilines is 1. The van der Waals surface area contributed by atoms with Crippen LogP contribution in [0.1, 0.15) is 49.1 Å². The lowest BCUT2D eigenvalue weighted by atomic mass is 9.89. The first kappa shape index (κ1) is 26.0. The van der Waals surface area contributed by atoms with E-state index in [4.69, 9.17) is 23.2 Å². The van der Waals surface area contributed by atoms with Gasteiger partial charge in [-0.1, -0.05) is 78.5 Å². The molecule has 5 nitrogen and oxygen atoms in total.